The summed E-state index contributed by atoms with van der Waals surface area (Å²) in [6.07, 6.45) is 1.79. The molecule has 2 aromatic rings. The summed E-state index contributed by atoms with van der Waals surface area (Å²) in [4.78, 5) is 4.22. The molecule has 0 aliphatic carbocycles. The van der Waals surface area contributed by atoms with Crippen LogP contribution in [0.1, 0.15) is 5.56 Å². The molecule has 12 heavy (non-hydrogen) atoms. The van der Waals surface area contributed by atoms with Gasteiger partial charge in [-0.3, -0.25) is 4.98 Å². The fourth-order valence-corrected chi connectivity index (χ4v) is 1.30. The second kappa shape index (κ2) is 2.99. The SMILES string of the molecule is S=Cc1ccc2cccnc2c1. The second-order valence-electron chi connectivity index (χ2n) is 2.57. The first kappa shape index (κ1) is 7.37. The second-order valence-corrected chi connectivity index (χ2v) is 2.81. The van der Waals surface area contributed by atoms with Crippen molar-refractivity contribution >= 4 is 28.5 Å². The van der Waals surface area contributed by atoms with Crippen LogP contribution in [0.2, 0.25) is 0 Å². The average Bonchev–Trinajstić information content (AvgIpc) is 2.17. The van der Waals surface area contributed by atoms with Gasteiger partial charge in [0.2, 0.25) is 0 Å². The molecule has 0 aliphatic heterocycles. The molecule has 1 nitrogen and oxygen atoms in total. The quantitative estimate of drug-likeness (QED) is 0.615. The van der Waals surface area contributed by atoms with Gasteiger partial charge in [-0.15, -0.1) is 0 Å². The Balaban J connectivity index is 2.75. The van der Waals surface area contributed by atoms with E-state index in [1.54, 1.807) is 11.6 Å². The fourth-order valence-electron chi connectivity index (χ4n) is 1.16. The van der Waals surface area contributed by atoms with Crippen molar-refractivity contribution in [3.63, 3.8) is 0 Å². The number of fused-ring (bicyclic) bond motifs is 1. The van der Waals surface area contributed by atoms with Crippen molar-refractivity contribution in [3.05, 3.63) is 42.1 Å². The van der Waals surface area contributed by atoms with E-state index >= 15 is 0 Å². The lowest BCUT2D eigenvalue weighted by atomic mass is 10.1. The van der Waals surface area contributed by atoms with Crippen molar-refractivity contribution in [1.29, 1.82) is 0 Å². The van der Waals surface area contributed by atoms with Gasteiger partial charge in [0, 0.05) is 17.0 Å². The minimum Gasteiger partial charge on any atom is -0.256 e. The van der Waals surface area contributed by atoms with E-state index in [-0.39, 0.29) is 0 Å². The predicted octanol–water partition coefficient (Wildman–Crippen LogP) is 2.58. The highest BCUT2D eigenvalue weighted by Gasteiger charge is 1.92. The Labute approximate surface area is 76.1 Å². The molecule has 0 N–H and O–H groups in total. The summed E-state index contributed by atoms with van der Waals surface area (Å²) in [5.41, 5.74) is 2.03. The first-order valence-electron chi connectivity index (χ1n) is 3.70. The lowest BCUT2D eigenvalue weighted by molar-refractivity contribution is 1.41. The Kier molecular flexibility index (Phi) is 1.84. The molecule has 0 saturated carbocycles. The smallest absolute Gasteiger partial charge is 0.0708 e. The van der Waals surface area contributed by atoms with Gasteiger partial charge in [0.15, 0.2) is 0 Å². The van der Waals surface area contributed by atoms with Gasteiger partial charge in [-0.2, -0.15) is 0 Å². The summed E-state index contributed by atoms with van der Waals surface area (Å²) in [6.45, 7) is 0. The maximum Gasteiger partial charge on any atom is 0.0708 e. The van der Waals surface area contributed by atoms with Crippen LogP contribution in [-0.4, -0.2) is 10.4 Å². The number of hydrogen-bond donors (Lipinski definition) is 0. The molecular weight excluding hydrogens is 166 g/mol. The fraction of sp³-hybridized carbons (Fsp3) is 0. The molecular formula is C10H7NS. The van der Waals surface area contributed by atoms with E-state index in [1.165, 1.54) is 0 Å². The van der Waals surface area contributed by atoms with Gasteiger partial charge in [-0.1, -0.05) is 30.4 Å². The molecule has 1 aromatic carbocycles. The predicted molar refractivity (Wildman–Crippen MR) is 54.5 cm³/mol. The van der Waals surface area contributed by atoms with Crippen molar-refractivity contribution in [2.75, 3.05) is 0 Å². The molecule has 1 aromatic heterocycles. The average molecular weight is 173 g/mol. The molecule has 58 valence electrons. The number of thiocarbonyl (C=S) groups is 1. The Morgan fingerprint density at radius 1 is 1.25 bits per heavy atom. The highest BCUT2D eigenvalue weighted by molar-refractivity contribution is 7.79. The molecule has 0 aliphatic rings. The van der Waals surface area contributed by atoms with Gasteiger partial charge in [-0.25, -0.2) is 0 Å². The number of pyridine rings is 1. The molecule has 0 saturated heterocycles. The number of benzene rings is 1. The summed E-state index contributed by atoms with van der Waals surface area (Å²) in [5.74, 6) is 0. The van der Waals surface area contributed by atoms with Gasteiger partial charge < -0.3 is 0 Å². The summed E-state index contributed by atoms with van der Waals surface area (Å²) in [5, 5.41) is 2.81. The van der Waals surface area contributed by atoms with E-state index in [9.17, 15) is 0 Å². The molecule has 0 amide bonds. The normalized spacial score (nSPS) is 10.0. The van der Waals surface area contributed by atoms with Crippen LogP contribution in [0.3, 0.4) is 0 Å². The lowest BCUT2D eigenvalue weighted by Crippen LogP contribution is -1.81. The van der Waals surface area contributed by atoms with Crippen molar-refractivity contribution in [2.45, 2.75) is 0 Å². The zero-order valence-electron chi connectivity index (χ0n) is 6.40. The Hall–Kier alpha value is -1.28. The van der Waals surface area contributed by atoms with Crippen molar-refractivity contribution < 1.29 is 0 Å². The van der Waals surface area contributed by atoms with Gasteiger partial charge in [0.25, 0.3) is 0 Å². The van der Waals surface area contributed by atoms with Crippen LogP contribution in [0.5, 0.6) is 0 Å². The standard InChI is InChI=1S/C10H7NS/c12-7-8-3-4-9-2-1-5-11-10(9)6-8/h1-7H. The number of hydrogen-bond acceptors (Lipinski definition) is 2. The number of rotatable bonds is 1. The van der Waals surface area contributed by atoms with Crippen molar-refractivity contribution in [1.82, 2.24) is 4.98 Å². The van der Waals surface area contributed by atoms with E-state index in [4.69, 9.17) is 12.2 Å². The Morgan fingerprint density at radius 3 is 3.00 bits per heavy atom. The van der Waals surface area contributed by atoms with Crippen LogP contribution in [0.15, 0.2) is 36.5 Å². The molecule has 0 unspecified atom stereocenters. The minimum absolute atomic E-state index is 0.996. The third-order valence-electron chi connectivity index (χ3n) is 1.77. The van der Waals surface area contributed by atoms with E-state index in [0.29, 0.717) is 0 Å². The van der Waals surface area contributed by atoms with Gasteiger partial charge in [0.1, 0.15) is 0 Å². The van der Waals surface area contributed by atoms with E-state index < -0.39 is 0 Å². The maximum absolute atomic E-state index is 4.83. The Morgan fingerprint density at radius 2 is 2.17 bits per heavy atom. The van der Waals surface area contributed by atoms with E-state index in [0.717, 1.165) is 16.5 Å². The molecule has 0 radical (unpaired) electrons. The largest absolute Gasteiger partial charge is 0.256 e. The summed E-state index contributed by atoms with van der Waals surface area (Å²) < 4.78 is 0. The van der Waals surface area contributed by atoms with Crippen LogP contribution in [0, 0.1) is 0 Å². The number of nitrogens with zero attached hydrogens (tertiary/aromatic N) is 1. The number of aromatic nitrogens is 1. The van der Waals surface area contributed by atoms with Crippen molar-refractivity contribution in [2.24, 2.45) is 0 Å². The first-order chi connectivity index (χ1) is 5.90. The van der Waals surface area contributed by atoms with Crippen LogP contribution >= 0.6 is 12.2 Å². The van der Waals surface area contributed by atoms with E-state index in [2.05, 4.69) is 4.98 Å². The van der Waals surface area contributed by atoms with Gasteiger partial charge in [0.05, 0.1) is 5.52 Å². The molecule has 2 rings (SSSR count). The van der Waals surface area contributed by atoms with E-state index in [1.807, 2.05) is 30.3 Å². The zero-order valence-corrected chi connectivity index (χ0v) is 7.21. The van der Waals surface area contributed by atoms with Crippen LogP contribution < -0.4 is 0 Å². The van der Waals surface area contributed by atoms with Gasteiger partial charge >= 0.3 is 0 Å². The zero-order chi connectivity index (χ0) is 8.39. The summed E-state index contributed by atoms with van der Waals surface area (Å²) in [7, 11) is 0. The minimum atomic E-state index is 0.996. The molecule has 2 heteroatoms. The Bertz CT molecular complexity index is 423. The van der Waals surface area contributed by atoms with Crippen molar-refractivity contribution in [3.8, 4) is 0 Å². The molecule has 0 fully saturated rings. The van der Waals surface area contributed by atoms with Crippen LogP contribution in [0.4, 0.5) is 0 Å². The highest BCUT2D eigenvalue weighted by Crippen LogP contribution is 2.11. The monoisotopic (exact) mass is 173 g/mol. The molecule has 1 heterocycles. The highest BCUT2D eigenvalue weighted by atomic mass is 32.1. The maximum atomic E-state index is 4.83. The van der Waals surface area contributed by atoms with Gasteiger partial charge in [-0.05, 0) is 17.7 Å². The van der Waals surface area contributed by atoms with Crippen LogP contribution in [-0.2, 0) is 0 Å². The molecule has 0 bridgehead atoms. The topological polar surface area (TPSA) is 12.9 Å². The summed E-state index contributed by atoms with van der Waals surface area (Å²) in [6, 6.07) is 9.98. The molecule has 0 atom stereocenters. The summed E-state index contributed by atoms with van der Waals surface area (Å²) >= 11 is 4.83. The third-order valence-corrected chi connectivity index (χ3v) is 2.04. The first-order valence-corrected chi connectivity index (χ1v) is 4.17. The third kappa shape index (κ3) is 1.21. The van der Waals surface area contributed by atoms with Crippen LogP contribution in [0.25, 0.3) is 10.9 Å². The molecule has 0 spiro atoms. The lowest BCUT2D eigenvalue weighted by Gasteiger charge is -1.96.